The van der Waals surface area contributed by atoms with Gasteiger partial charge in [-0.15, -0.1) is 0 Å². The Bertz CT molecular complexity index is 133. The van der Waals surface area contributed by atoms with Crippen LogP contribution in [-0.2, 0) is 0 Å². The van der Waals surface area contributed by atoms with Crippen LogP contribution in [0.5, 0.6) is 0 Å². The predicted octanol–water partition coefficient (Wildman–Crippen LogP) is 1.06. The molecule has 0 aliphatic carbocycles. The minimum Gasteiger partial charge on any atom is -0.384 e. The van der Waals surface area contributed by atoms with Crippen molar-refractivity contribution in [3.8, 4) is 0 Å². The molecule has 0 aliphatic heterocycles. The summed E-state index contributed by atoms with van der Waals surface area (Å²) < 4.78 is 0. The second-order valence-corrected chi connectivity index (χ2v) is 1.45. The first-order valence-electron chi connectivity index (χ1n) is 2.29. The Kier molecular flexibility index (Phi) is 2.62. The van der Waals surface area contributed by atoms with E-state index in [4.69, 9.17) is 5.73 Å². The van der Waals surface area contributed by atoms with Gasteiger partial charge in [-0.25, -0.2) is 4.99 Å². The molecule has 2 nitrogen and oxygen atoms in total. The molecule has 0 aromatic rings. The lowest BCUT2D eigenvalue weighted by molar-refractivity contribution is 1.26. The first-order chi connectivity index (χ1) is 3.66. The Morgan fingerprint density at radius 1 is 1.75 bits per heavy atom. The van der Waals surface area contributed by atoms with Crippen LogP contribution in [0.3, 0.4) is 0 Å². The lowest BCUT2D eigenvalue weighted by Crippen LogP contribution is -1.93. The highest BCUT2D eigenvalue weighted by molar-refractivity contribution is 5.92. The average Bonchev–Trinajstić information content (AvgIpc) is 1.65. The second-order valence-electron chi connectivity index (χ2n) is 1.45. The zero-order valence-corrected chi connectivity index (χ0v) is 5.02. The maximum Gasteiger partial charge on any atom is 0.116 e. The number of nitrogens with two attached hydrogens (primary N) is 1. The molecule has 0 bridgehead atoms. The highest BCUT2D eigenvalue weighted by Crippen LogP contribution is 1.82. The molecular formula is C6H10N2. The molecule has 44 valence electrons. The van der Waals surface area contributed by atoms with E-state index < -0.39 is 0 Å². The second kappa shape index (κ2) is 3.02. The van der Waals surface area contributed by atoms with Gasteiger partial charge in [0.1, 0.15) is 5.82 Å². The summed E-state index contributed by atoms with van der Waals surface area (Å²) in [5.74, 6) is 0.322. The van der Waals surface area contributed by atoms with Gasteiger partial charge >= 0.3 is 0 Å². The van der Waals surface area contributed by atoms with Gasteiger partial charge < -0.3 is 5.73 Å². The lowest BCUT2D eigenvalue weighted by atomic mass is 10.4. The third-order valence-corrected chi connectivity index (χ3v) is 0.615. The molecule has 0 aromatic heterocycles. The fourth-order valence-electron chi connectivity index (χ4n) is 0.272. The van der Waals surface area contributed by atoms with Crippen LogP contribution in [0.1, 0.15) is 6.92 Å². The van der Waals surface area contributed by atoms with E-state index in [1.807, 2.05) is 6.92 Å². The SMILES string of the molecule is C=C/C(C)=N\C(=C)N. The fourth-order valence-corrected chi connectivity index (χ4v) is 0.272. The summed E-state index contributed by atoms with van der Waals surface area (Å²) in [6.07, 6.45) is 1.62. The Labute approximate surface area is 49.4 Å². The van der Waals surface area contributed by atoms with Crippen molar-refractivity contribution in [1.82, 2.24) is 0 Å². The molecule has 0 unspecified atom stereocenters. The van der Waals surface area contributed by atoms with Crippen LogP contribution < -0.4 is 5.73 Å². The molecule has 2 heteroatoms. The van der Waals surface area contributed by atoms with Crippen LogP contribution in [0.25, 0.3) is 0 Å². The highest BCUT2D eigenvalue weighted by atomic mass is 14.9. The van der Waals surface area contributed by atoms with Gasteiger partial charge in [-0.2, -0.15) is 0 Å². The topological polar surface area (TPSA) is 38.4 Å². The Morgan fingerprint density at radius 2 is 2.25 bits per heavy atom. The van der Waals surface area contributed by atoms with Crippen molar-refractivity contribution in [2.75, 3.05) is 0 Å². The van der Waals surface area contributed by atoms with Crippen molar-refractivity contribution in [3.05, 3.63) is 25.1 Å². The van der Waals surface area contributed by atoms with E-state index in [-0.39, 0.29) is 0 Å². The molecule has 2 N–H and O–H groups in total. The zero-order chi connectivity index (χ0) is 6.57. The summed E-state index contributed by atoms with van der Waals surface area (Å²) in [6.45, 7) is 8.68. The smallest absolute Gasteiger partial charge is 0.116 e. The van der Waals surface area contributed by atoms with Gasteiger partial charge in [0, 0.05) is 5.71 Å². The summed E-state index contributed by atoms with van der Waals surface area (Å²) in [5, 5.41) is 0. The van der Waals surface area contributed by atoms with Crippen molar-refractivity contribution in [1.29, 1.82) is 0 Å². The summed E-state index contributed by atoms with van der Waals surface area (Å²) in [7, 11) is 0. The van der Waals surface area contributed by atoms with Gasteiger partial charge in [0.05, 0.1) is 0 Å². The van der Waals surface area contributed by atoms with Gasteiger partial charge in [-0.05, 0) is 13.0 Å². The third kappa shape index (κ3) is 3.15. The molecule has 0 amide bonds. The van der Waals surface area contributed by atoms with Crippen molar-refractivity contribution < 1.29 is 0 Å². The molecular weight excluding hydrogens is 100 g/mol. The van der Waals surface area contributed by atoms with E-state index in [1.165, 1.54) is 0 Å². The van der Waals surface area contributed by atoms with Crippen LogP contribution in [0.4, 0.5) is 0 Å². The lowest BCUT2D eigenvalue weighted by Gasteiger charge is -1.88. The summed E-state index contributed by atoms with van der Waals surface area (Å²) >= 11 is 0. The van der Waals surface area contributed by atoms with Gasteiger partial charge in [-0.1, -0.05) is 13.2 Å². The van der Waals surface area contributed by atoms with Gasteiger partial charge in [0.25, 0.3) is 0 Å². The maximum absolute atomic E-state index is 5.14. The number of hydrogen-bond donors (Lipinski definition) is 1. The van der Waals surface area contributed by atoms with Crippen LogP contribution in [0, 0.1) is 0 Å². The maximum atomic E-state index is 5.14. The molecule has 0 aromatic carbocycles. The average molecular weight is 110 g/mol. The molecule has 0 rings (SSSR count). The van der Waals surface area contributed by atoms with Crippen LogP contribution in [0.15, 0.2) is 30.0 Å². The van der Waals surface area contributed by atoms with E-state index in [9.17, 15) is 0 Å². The standard InChI is InChI=1S/C6H10N2/c1-4-5(2)8-6(3)7/h4H,1,3,7H2,2H3/b8-5-. The number of allylic oxidation sites excluding steroid dienone is 1. The normalized spacial score (nSPS) is 10.9. The van der Waals surface area contributed by atoms with Crippen molar-refractivity contribution >= 4 is 5.71 Å². The summed E-state index contributed by atoms with van der Waals surface area (Å²) in [4.78, 5) is 3.78. The quantitative estimate of drug-likeness (QED) is 0.530. The number of rotatable bonds is 2. The van der Waals surface area contributed by atoms with E-state index in [0.29, 0.717) is 5.82 Å². The predicted molar refractivity (Wildman–Crippen MR) is 36.6 cm³/mol. The summed E-state index contributed by atoms with van der Waals surface area (Å²) in [6, 6.07) is 0. The Balaban J connectivity index is 3.94. The molecule has 0 heterocycles. The van der Waals surface area contributed by atoms with Crippen LogP contribution in [-0.4, -0.2) is 5.71 Å². The molecule has 0 radical (unpaired) electrons. The third-order valence-electron chi connectivity index (χ3n) is 0.615. The van der Waals surface area contributed by atoms with E-state index in [1.54, 1.807) is 6.08 Å². The van der Waals surface area contributed by atoms with E-state index >= 15 is 0 Å². The Morgan fingerprint density at radius 3 is 2.38 bits per heavy atom. The van der Waals surface area contributed by atoms with Crippen LogP contribution in [0.2, 0.25) is 0 Å². The van der Waals surface area contributed by atoms with Gasteiger partial charge in [-0.3, -0.25) is 0 Å². The molecule has 0 fully saturated rings. The molecule has 0 aliphatic rings. The number of nitrogens with zero attached hydrogens (tertiary/aromatic N) is 1. The fraction of sp³-hybridized carbons (Fsp3) is 0.167. The Hall–Kier alpha value is -1.05. The zero-order valence-electron chi connectivity index (χ0n) is 5.02. The van der Waals surface area contributed by atoms with Gasteiger partial charge in [0.2, 0.25) is 0 Å². The minimum absolute atomic E-state index is 0.322. The van der Waals surface area contributed by atoms with Crippen molar-refractivity contribution in [2.45, 2.75) is 6.92 Å². The highest BCUT2D eigenvalue weighted by Gasteiger charge is 1.78. The number of aliphatic imine (C=N–C) groups is 1. The van der Waals surface area contributed by atoms with Crippen molar-refractivity contribution in [2.24, 2.45) is 10.7 Å². The molecule has 0 atom stereocenters. The van der Waals surface area contributed by atoms with E-state index in [2.05, 4.69) is 18.2 Å². The monoisotopic (exact) mass is 110 g/mol. The molecule has 8 heavy (non-hydrogen) atoms. The van der Waals surface area contributed by atoms with Crippen molar-refractivity contribution in [3.63, 3.8) is 0 Å². The molecule has 0 saturated heterocycles. The van der Waals surface area contributed by atoms with Gasteiger partial charge in [0.15, 0.2) is 0 Å². The first-order valence-corrected chi connectivity index (χ1v) is 2.29. The number of hydrogen-bond acceptors (Lipinski definition) is 2. The summed E-state index contributed by atoms with van der Waals surface area (Å²) in [5.41, 5.74) is 5.93. The molecule has 0 saturated carbocycles. The van der Waals surface area contributed by atoms with Crippen LogP contribution >= 0.6 is 0 Å². The minimum atomic E-state index is 0.322. The first kappa shape index (κ1) is 6.95. The van der Waals surface area contributed by atoms with E-state index in [0.717, 1.165) is 5.71 Å². The molecule has 0 spiro atoms. The largest absolute Gasteiger partial charge is 0.384 e.